The minimum absolute atomic E-state index is 0.0770. The summed E-state index contributed by atoms with van der Waals surface area (Å²) in [5, 5.41) is 13.6. The molecular formula is C17H25NO2S. The van der Waals surface area contributed by atoms with E-state index in [1.165, 1.54) is 5.75 Å². The summed E-state index contributed by atoms with van der Waals surface area (Å²) in [5.41, 5.74) is 0.845. The minimum Gasteiger partial charge on any atom is -0.394 e. The molecule has 3 atom stereocenters. The Morgan fingerprint density at radius 2 is 2.24 bits per heavy atom. The zero-order chi connectivity index (χ0) is 14.8. The number of aliphatic hydroxyl groups is 1. The van der Waals surface area contributed by atoms with Gasteiger partial charge in [0, 0.05) is 18.4 Å². The molecule has 1 spiro atoms. The van der Waals surface area contributed by atoms with E-state index in [1.807, 2.05) is 30.0 Å². The number of benzene rings is 1. The molecule has 1 aromatic carbocycles. The van der Waals surface area contributed by atoms with Crippen LogP contribution in [0.5, 0.6) is 0 Å². The molecule has 2 aliphatic rings. The monoisotopic (exact) mass is 307 g/mol. The fourth-order valence-corrected chi connectivity index (χ4v) is 4.87. The highest BCUT2D eigenvalue weighted by Gasteiger charge is 2.42. The van der Waals surface area contributed by atoms with Gasteiger partial charge in [-0.05, 0) is 37.5 Å². The molecule has 0 aliphatic carbocycles. The highest BCUT2D eigenvalue weighted by Crippen LogP contribution is 2.39. The fourth-order valence-electron chi connectivity index (χ4n) is 3.49. The van der Waals surface area contributed by atoms with Crippen molar-refractivity contribution < 1.29 is 9.84 Å². The standard InChI is InChI=1S/C17H25NO2S/c1-16(12-19,14-5-3-2-4-6-14)18-15-7-9-20-17(11-15)8-10-21-13-17/h2-6,15,18-19H,7-13H2,1H3. The molecule has 2 fully saturated rings. The topological polar surface area (TPSA) is 41.5 Å². The molecule has 2 saturated heterocycles. The third-order valence-corrected chi connectivity index (χ3v) is 6.03. The summed E-state index contributed by atoms with van der Waals surface area (Å²) in [6, 6.07) is 10.7. The van der Waals surface area contributed by atoms with Crippen molar-refractivity contribution in [3.8, 4) is 0 Å². The Labute approximate surface area is 131 Å². The van der Waals surface area contributed by atoms with Crippen LogP contribution >= 0.6 is 11.8 Å². The van der Waals surface area contributed by atoms with Gasteiger partial charge in [0.25, 0.3) is 0 Å². The predicted octanol–water partition coefficient (Wildman–Crippen LogP) is 2.54. The van der Waals surface area contributed by atoms with Crippen LogP contribution in [0.4, 0.5) is 0 Å². The van der Waals surface area contributed by atoms with E-state index in [0.29, 0.717) is 6.04 Å². The number of thioether (sulfide) groups is 1. The molecule has 0 aromatic heterocycles. The molecule has 0 saturated carbocycles. The van der Waals surface area contributed by atoms with Crippen LogP contribution < -0.4 is 5.32 Å². The quantitative estimate of drug-likeness (QED) is 0.897. The molecule has 21 heavy (non-hydrogen) atoms. The number of rotatable bonds is 4. The lowest BCUT2D eigenvalue weighted by Gasteiger charge is -2.42. The van der Waals surface area contributed by atoms with Gasteiger partial charge in [0.05, 0.1) is 17.7 Å². The SMILES string of the molecule is CC(CO)(NC1CCOC2(CCSC2)C1)c1ccccc1. The van der Waals surface area contributed by atoms with Crippen LogP contribution in [-0.4, -0.2) is 41.5 Å². The van der Waals surface area contributed by atoms with E-state index < -0.39 is 0 Å². The van der Waals surface area contributed by atoms with Crippen LogP contribution in [0.25, 0.3) is 0 Å². The highest BCUT2D eigenvalue weighted by atomic mass is 32.2. The maximum absolute atomic E-state index is 9.93. The van der Waals surface area contributed by atoms with Crippen molar-refractivity contribution >= 4 is 11.8 Å². The van der Waals surface area contributed by atoms with Crippen molar-refractivity contribution in [2.24, 2.45) is 0 Å². The van der Waals surface area contributed by atoms with Gasteiger partial charge in [-0.15, -0.1) is 0 Å². The van der Waals surface area contributed by atoms with Crippen LogP contribution in [0.15, 0.2) is 30.3 Å². The van der Waals surface area contributed by atoms with E-state index >= 15 is 0 Å². The number of hydrogen-bond donors (Lipinski definition) is 2. The van der Waals surface area contributed by atoms with Crippen molar-refractivity contribution in [1.29, 1.82) is 0 Å². The fraction of sp³-hybridized carbons (Fsp3) is 0.647. The second kappa shape index (κ2) is 6.29. The summed E-state index contributed by atoms with van der Waals surface area (Å²) in [4.78, 5) is 0. The van der Waals surface area contributed by atoms with Gasteiger partial charge in [-0.2, -0.15) is 11.8 Å². The summed E-state index contributed by atoms with van der Waals surface area (Å²) in [6.45, 7) is 3.03. The van der Waals surface area contributed by atoms with Crippen molar-refractivity contribution in [2.75, 3.05) is 24.7 Å². The Morgan fingerprint density at radius 3 is 2.90 bits per heavy atom. The first-order valence-corrected chi connectivity index (χ1v) is 8.97. The van der Waals surface area contributed by atoms with E-state index in [-0.39, 0.29) is 17.7 Å². The van der Waals surface area contributed by atoms with Gasteiger partial charge in [0.15, 0.2) is 0 Å². The van der Waals surface area contributed by atoms with E-state index in [9.17, 15) is 5.11 Å². The zero-order valence-corrected chi connectivity index (χ0v) is 13.5. The molecule has 2 N–H and O–H groups in total. The smallest absolute Gasteiger partial charge is 0.0795 e. The van der Waals surface area contributed by atoms with Gasteiger partial charge in [0.1, 0.15) is 0 Å². The molecule has 4 heteroatoms. The molecular weight excluding hydrogens is 282 g/mol. The lowest BCUT2D eigenvalue weighted by molar-refractivity contribution is -0.0749. The van der Waals surface area contributed by atoms with E-state index in [0.717, 1.165) is 37.2 Å². The van der Waals surface area contributed by atoms with E-state index in [2.05, 4.69) is 24.4 Å². The molecule has 0 amide bonds. The van der Waals surface area contributed by atoms with Gasteiger partial charge in [-0.3, -0.25) is 0 Å². The lowest BCUT2D eigenvalue weighted by atomic mass is 9.86. The maximum Gasteiger partial charge on any atom is 0.0795 e. The molecule has 2 heterocycles. The molecule has 1 aromatic rings. The summed E-state index contributed by atoms with van der Waals surface area (Å²) in [5.74, 6) is 2.33. The van der Waals surface area contributed by atoms with Gasteiger partial charge in [0.2, 0.25) is 0 Å². The summed E-state index contributed by atoms with van der Waals surface area (Å²) in [6.07, 6.45) is 3.24. The Morgan fingerprint density at radius 1 is 1.43 bits per heavy atom. The molecule has 3 unspecified atom stereocenters. The zero-order valence-electron chi connectivity index (χ0n) is 12.7. The van der Waals surface area contributed by atoms with Gasteiger partial charge < -0.3 is 15.2 Å². The van der Waals surface area contributed by atoms with Crippen LogP contribution in [0.2, 0.25) is 0 Å². The van der Waals surface area contributed by atoms with E-state index in [1.54, 1.807) is 0 Å². The minimum atomic E-state index is -0.379. The molecule has 0 bridgehead atoms. The number of ether oxygens (including phenoxy) is 1. The molecule has 3 rings (SSSR count). The number of nitrogens with one attached hydrogen (secondary N) is 1. The van der Waals surface area contributed by atoms with Crippen molar-refractivity contribution in [2.45, 2.75) is 43.4 Å². The highest BCUT2D eigenvalue weighted by molar-refractivity contribution is 7.99. The number of hydrogen-bond acceptors (Lipinski definition) is 4. The van der Waals surface area contributed by atoms with Gasteiger partial charge in [-0.25, -0.2) is 0 Å². The molecule has 0 radical (unpaired) electrons. The van der Waals surface area contributed by atoms with E-state index in [4.69, 9.17) is 4.74 Å². The third-order valence-electron chi connectivity index (χ3n) is 4.81. The van der Waals surface area contributed by atoms with Crippen molar-refractivity contribution in [3.63, 3.8) is 0 Å². The van der Waals surface area contributed by atoms with Crippen molar-refractivity contribution in [3.05, 3.63) is 35.9 Å². The average Bonchev–Trinajstić information content (AvgIpc) is 2.96. The van der Waals surface area contributed by atoms with Gasteiger partial charge >= 0.3 is 0 Å². The van der Waals surface area contributed by atoms with Gasteiger partial charge in [-0.1, -0.05) is 30.3 Å². The average molecular weight is 307 g/mol. The predicted molar refractivity (Wildman–Crippen MR) is 87.7 cm³/mol. The Kier molecular flexibility index (Phi) is 4.60. The Balaban J connectivity index is 1.72. The lowest BCUT2D eigenvalue weighted by Crippen LogP contribution is -2.54. The first-order chi connectivity index (χ1) is 10.2. The molecule has 2 aliphatic heterocycles. The second-order valence-electron chi connectivity index (χ2n) is 6.52. The third kappa shape index (κ3) is 3.29. The first-order valence-electron chi connectivity index (χ1n) is 7.82. The first kappa shape index (κ1) is 15.3. The van der Waals surface area contributed by atoms with Crippen LogP contribution in [0.1, 0.15) is 31.7 Å². The van der Waals surface area contributed by atoms with Crippen LogP contribution in [0, 0.1) is 0 Å². The summed E-state index contributed by atoms with van der Waals surface area (Å²) >= 11 is 2.00. The normalized spacial score (nSPS) is 32.2. The van der Waals surface area contributed by atoms with Crippen molar-refractivity contribution in [1.82, 2.24) is 5.32 Å². The Bertz CT molecular complexity index is 461. The maximum atomic E-state index is 9.93. The largest absolute Gasteiger partial charge is 0.394 e. The van der Waals surface area contributed by atoms with Crippen LogP contribution in [0.3, 0.4) is 0 Å². The summed E-state index contributed by atoms with van der Waals surface area (Å²) < 4.78 is 6.09. The second-order valence-corrected chi connectivity index (χ2v) is 7.63. The molecule has 116 valence electrons. The van der Waals surface area contributed by atoms with Crippen LogP contribution in [-0.2, 0) is 10.3 Å². The molecule has 3 nitrogen and oxygen atoms in total. The summed E-state index contributed by atoms with van der Waals surface area (Å²) in [7, 11) is 0. The number of aliphatic hydroxyl groups excluding tert-OH is 1. The Hall–Kier alpha value is -0.550.